The first-order valence-corrected chi connectivity index (χ1v) is 4.05. The highest BCUT2D eigenvalue weighted by Crippen LogP contribution is 2.27. The van der Waals surface area contributed by atoms with E-state index in [1.54, 1.807) is 0 Å². The summed E-state index contributed by atoms with van der Waals surface area (Å²) in [5.74, 6) is 0.271. The van der Waals surface area contributed by atoms with Crippen molar-refractivity contribution >= 4 is 0 Å². The summed E-state index contributed by atoms with van der Waals surface area (Å²) in [5.41, 5.74) is 5.46. The zero-order chi connectivity index (χ0) is 8.27. The predicted octanol–water partition coefficient (Wildman–Crippen LogP) is 0.246. The van der Waals surface area contributed by atoms with Crippen LogP contribution in [0.3, 0.4) is 0 Å². The third kappa shape index (κ3) is 1.92. The number of hydrogen-bond donors (Lipinski definition) is 2. The molecule has 3 unspecified atom stereocenters. The van der Waals surface area contributed by atoms with E-state index in [9.17, 15) is 5.11 Å². The van der Waals surface area contributed by atoms with Crippen LogP contribution in [0.25, 0.3) is 0 Å². The lowest BCUT2D eigenvalue weighted by Gasteiger charge is -2.28. The molecule has 0 heterocycles. The number of nitriles is 1. The van der Waals surface area contributed by atoms with Crippen molar-refractivity contribution in [3.8, 4) is 6.07 Å². The Kier molecular flexibility index (Phi) is 2.86. The molecule has 3 nitrogen and oxygen atoms in total. The van der Waals surface area contributed by atoms with Crippen LogP contribution < -0.4 is 5.73 Å². The topological polar surface area (TPSA) is 70.0 Å². The van der Waals surface area contributed by atoms with E-state index in [-0.39, 0.29) is 5.92 Å². The van der Waals surface area contributed by atoms with Crippen LogP contribution in [0, 0.1) is 23.2 Å². The second-order valence-electron chi connectivity index (χ2n) is 3.22. The highest BCUT2D eigenvalue weighted by molar-refractivity contribution is 4.92. The van der Waals surface area contributed by atoms with Crippen LogP contribution in [0.5, 0.6) is 0 Å². The van der Waals surface area contributed by atoms with Gasteiger partial charge in [0.1, 0.15) is 0 Å². The van der Waals surface area contributed by atoms with Gasteiger partial charge in [-0.25, -0.2) is 0 Å². The van der Waals surface area contributed by atoms with Crippen molar-refractivity contribution in [2.45, 2.75) is 25.4 Å². The van der Waals surface area contributed by atoms with Crippen LogP contribution in [-0.4, -0.2) is 17.8 Å². The SMILES string of the molecule is N#CC1CCC(CN)CC1O. The van der Waals surface area contributed by atoms with Crippen molar-refractivity contribution in [3.63, 3.8) is 0 Å². The van der Waals surface area contributed by atoms with Gasteiger partial charge in [-0.05, 0) is 31.7 Å². The predicted molar refractivity (Wildman–Crippen MR) is 41.5 cm³/mol. The monoisotopic (exact) mass is 154 g/mol. The van der Waals surface area contributed by atoms with Crippen molar-refractivity contribution in [2.75, 3.05) is 6.54 Å². The number of rotatable bonds is 1. The third-order valence-corrected chi connectivity index (χ3v) is 2.42. The van der Waals surface area contributed by atoms with Crippen LogP contribution in [0.2, 0.25) is 0 Å². The zero-order valence-electron chi connectivity index (χ0n) is 6.53. The first-order chi connectivity index (χ1) is 5.27. The third-order valence-electron chi connectivity index (χ3n) is 2.42. The average Bonchev–Trinajstić information content (AvgIpc) is 2.04. The molecule has 0 aromatic carbocycles. The van der Waals surface area contributed by atoms with Crippen molar-refractivity contribution in [3.05, 3.63) is 0 Å². The van der Waals surface area contributed by atoms with E-state index in [4.69, 9.17) is 11.0 Å². The van der Waals surface area contributed by atoms with Crippen molar-refractivity contribution in [2.24, 2.45) is 17.6 Å². The molecule has 0 amide bonds. The van der Waals surface area contributed by atoms with Gasteiger partial charge in [0, 0.05) is 0 Å². The summed E-state index contributed by atoms with van der Waals surface area (Å²) in [6, 6.07) is 2.11. The molecule has 0 aliphatic heterocycles. The van der Waals surface area contributed by atoms with Crippen molar-refractivity contribution < 1.29 is 5.11 Å². The van der Waals surface area contributed by atoms with Gasteiger partial charge in [-0.2, -0.15) is 5.26 Å². The Balaban J connectivity index is 2.42. The smallest absolute Gasteiger partial charge is 0.0723 e. The molecule has 0 aromatic heterocycles. The molecule has 0 spiro atoms. The number of nitrogens with two attached hydrogens (primary N) is 1. The summed E-state index contributed by atoms with van der Waals surface area (Å²) >= 11 is 0. The Morgan fingerprint density at radius 2 is 2.27 bits per heavy atom. The average molecular weight is 154 g/mol. The molecule has 0 radical (unpaired) electrons. The summed E-state index contributed by atoms with van der Waals surface area (Å²) in [5, 5.41) is 18.0. The first-order valence-electron chi connectivity index (χ1n) is 4.05. The summed E-state index contributed by atoms with van der Waals surface area (Å²) in [4.78, 5) is 0. The van der Waals surface area contributed by atoms with E-state index in [1.807, 2.05) is 0 Å². The number of aliphatic hydroxyl groups excluding tert-OH is 1. The molecule has 1 fully saturated rings. The second-order valence-corrected chi connectivity index (χ2v) is 3.22. The Labute approximate surface area is 66.8 Å². The maximum absolute atomic E-state index is 9.39. The van der Waals surface area contributed by atoms with Crippen LogP contribution in [0.1, 0.15) is 19.3 Å². The van der Waals surface area contributed by atoms with Crippen LogP contribution in [0.15, 0.2) is 0 Å². The second kappa shape index (κ2) is 3.70. The van der Waals surface area contributed by atoms with Crippen LogP contribution >= 0.6 is 0 Å². The van der Waals surface area contributed by atoms with E-state index in [0.29, 0.717) is 18.9 Å². The maximum Gasteiger partial charge on any atom is 0.0723 e. The van der Waals surface area contributed by atoms with Crippen LogP contribution in [0.4, 0.5) is 0 Å². The fraction of sp³-hybridized carbons (Fsp3) is 0.875. The Morgan fingerprint density at radius 3 is 2.73 bits per heavy atom. The molecule has 1 aliphatic rings. The molecule has 0 bridgehead atoms. The summed E-state index contributed by atoms with van der Waals surface area (Å²) in [6.45, 7) is 0.634. The molecule has 1 aliphatic carbocycles. The van der Waals surface area contributed by atoms with Crippen molar-refractivity contribution in [1.29, 1.82) is 5.26 Å². The van der Waals surface area contributed by atoms with Crippen molar-refractivity contribution in [1.82, 2.24) is 0 Å². The molecule has 3 N–H and O–H groups in total. The fourth-order valence-electron chi connectivity index (χ4n) is 1.60. The molecule has 1 rings (SSSR count). The van der Waals surface area contributed by atoms with Gasteiger partial charge in [-0.3, -0.25) is 0 Å². The largest absolute Gasteiger partial charge is 0.392 e. The standard InChI is InChI=1S/C8H14N2O/c9-4-6-1-2-7(5-10)8(11)3-6/h6-8,11H,1-4,9H2. The molecule has 0 aromatic rings. The number of nitrogens with zero attached hydrogens (tertiary/aromatic N) is 1. The zero-order valence-corrected chi connectivity index (χ0v) is 6.53. The summed E-state index contributed by atoms with van der Waals surface area (Å²) < 4.78 is 0. The van der Waals surface area contributed by atoms with Gasteiger partial charge in [-0.1, -0.05) is 0 Å². The molecule has 1 saturated carbocycles. The van der Waals surface area contributed by atoms with Gasteiger partial charge in [0.25, 0.3) is 0 Å². The van der Waals surface area contributed by atoms with Crippen LogP contribution in [-0.2, 0) is 0 Å². The molecular weight excluding hydrogens is 140 g/mol. The molecule has 62 valence electrons. The quantitative estimate of drug-likeness (QED) is 0.568. The van der Waals surface area contributed by atoms with E-state index in [1.165, 1.54) is 0 Å². The molecular formula is C8H14N2O. The number of hydrogen-bond acceptors (Lipinski definition) is 3. The van der Waals surface area contributed by atoms with Gasteiger partial charge >= 0.3 is 0 Å². The van der Waals surface area contributed by atoms with Gasteiger partial charge in [-0.15, -0.1) is 0 Å². The lowest BCUT2D eigenvalue weighted by Crippen LogP contribution is -2.31. The summed E-state index contributed by atoms with van der Waals surface area (Å²) in [6.07, 6.45) is 2.06. The lowest BCUT2D eigenvalue weighted by molar-refractivity contribution is 0.0710. The maximum atomic E-state index is 9.39. The van der Waals surface area contributed by atoms with Gasteiger partial charge in [0.2, 0.25) is 0 Å². The van der Waals surface area contributed by atoms with E-state index in [0.717, 1.165) is 12.8 Å². The Bertz CT molecular complexity index is 164. The van der Waals surface area contributed by atoms with Gasteiger partial charge < -0.3 is 10.8 Å². The molecule has 3 heteroatoms. The van der Waals surface area contributed by atoms with Gasteiger partial charge in [0.05, 0.1) is 18.1 Å². The molecule has 0 saturated heterocycles. The highest BCUT2D eigenvalue weighted by Gasteiger charge is 2.27. The first kappa shape index (κ1) is 8.51. The number of aliphatic hydroxyl groups is 1. The van der Waals surface area contributed by atoms with E-state index in [2.05, 4.69) is 6.07 Å². The fourth-order valence-corrected chi connectivity index (χ4v) is 1.60. The lowest BCUT2D eigenvalue weighted by atomic mass is 9.81. The normalized spacial score (nSPS) is 38.1. The van der Waals surface area contributed by atoms with E-state index >= 15 is 0 Å². The summed E-state index contributed by atoms with van der Waals surface area (Å²) in [7, 11) is 0. The molecule has 3 atom stereocenters. The van der Waals surface area contributed by atoms with Gasteiger partial charge in [0.15, 0.2) is 0 Å². The molecule has 11 heavy (non-hydrogen) atoms. The Morgan fingerprint density at radius 1 is 1.55 bits per heavy atom. The van der Waals surface area contributed by atoms with E-state index < -0.39 is 6.10 Å². The Hall–Kier alpha value is -0.590. The highest BCUT2D eigenvalue weighted by atomic mass is 16.3. The minimum absolute atomic E-state index is 0.155. The minimum atomic E-state index is -0.442. The minimum Gasteiger partial charge on any atom is -0.392 e.